The van der Waals surface area contributed by atoms with E-state index in [9.17, 15) is 9.18 Å². The van der Waals surface area contributed by atoms with E-state index < -0.39 is 0 Å². The molecule has 24 heavy (non-hydrogen) atoms. The van der Waals surface area contributed by atoms with Crippen LogP contribution < -0.4 is 10.5 Å². The van der Waals surface area contributed by atoms with Gasteiger partial charge in [-0.25, -0.2) is 9.37 Å². The lowest BCUT2D eigenvalue weighted by atomic mass is 10.1. The Morgan fingerprint density at radius 3 is 2.92 bits per heavy atom. The quantitative estimate of drug-likeness (QED) is 0.921. The van der Waals surface area contributed by atoms with Gasteiger partial charge in [-0.15, -0.1) is 11.3 Å². The Kier molecular flexibility index (Phi) is 5.11. The fourth-order valence-corrected chi connectivity index (χ4v) is 3.67. The number of hydrogen-bond acceptors (Lipinski definition) is 5. The van der Waals surface area contributed by atoms with Crippen LogP contribution in [0.4, 0.5) is 4.39 Å². The maximum atomic E-state index is 12.9. The van der Waals surface area contributed by atoms with E-state index in [4.69, 9.17) is 10.5 Å². The Balaban J connectivity index is 1.66. The molecule has 128 valence electrons. The Morgan fingerprint density at radius 1 is 1.46 bits per heavy atom. The Hall–Kier alpha value is -1.99. The predicted molar refractivity (Wildman–Crippen MR) is 90.7 cm³/mol. The Morgan fingerprint density at radius 2 is 2.21 bits per heavy atom. The third-order valence-electron chi connectivity index (χ3n) is 3.96. The molecule has 1 aromatic heterocycles. The number of carbonyl (C=O) groups excluding carboxylic acids is 1. The van der Waals surface area contributed by atoms with Crippen molar-refractivity contribution in [1.29, 1.82) is 0 Å². The first-order valence-electron chi connectivity index (χ1n) is 7.92. The van der Waals surface area contributed by atoms with Gasteiger partial charge in [-0.3, -0.25) is 4.79 Å². The maximum absolute atomic E-state index is 12.9. The van der Waals surface area contributed by atoms with Crippen molar-refractivity contribution < 1.29 is 13.9 Å². The summed E-state index contributed by atoms with van der Waals surface area (Å²) in [6.07, 6.45) is 1.90. The van der Waals surface area contributed by atoms with Gasteiger partial charge in [0, 0.05) is 19.1 Å². The lowest BCUT2D eigenvalue weighted by Gasteiger charge is -2.30. The van der Waals surface area contributed by atoms with E-state index in [1.54, 1.807) is 17.0 Å². The highest BCUT2D eigenvalue weighted by Gasteiger charge is 2.25. The molecule has 1 saturated heterocycles. The third-order valence-corrected chi connectivity index (χ3v) is 5.08. The second kappa shape index (κ2) is 7.27. The fourth-order valence-electron chi connectivity index (χ4n) is 2.73. The summed E-state index contributed by atoms with van der Waals surface area (Å²) in [6.45, 7) is 3.42. The summed E-state index contributed by atoms with van der Waals surface area (Å²) < 4.78 is 18.5. The third kappa shape index (κ3) is 3.91. The summed E-state index contributed by atoms with van der Waals surface area (Å²) in [6, 6.07) is 5.87. The number of hydrogen-bond donors (Lipinski definition) is 1. The van der Waals surface area contributed by atoms with E-state index >= 15 is 0 Å². The predicted octanol–water partition coefficient (Wildman–Crippen LogP) is 2.73. The topological polar surface area (TPSA) is 68.5 Å². The van der Waals surface area contributed by atoms with Crippen molar-refractivity contribution >= 4 is 17.2 Å². The first-order valence-corrected chi connectivity index (χ1v) is 8.74. The number of halogens is 1. The molecule has 0 radical (unpaired) electrons. The average Bonchev–Trinajstić information content (AvgIpc) is 2.94. The summed E-state index contributed by atoms with van der Waals surface area (Å²) in [5.74, 6) is 0.257. The van der Waals surface area contributed by atoms with Gasteiger partial charge in [-0.2, -0.15) is 0 Å². The fraction of sp³-hybridized carbons (Fsp3) is 0.412. The van der Waals surface area contributed by atoms with Crippen molar-refractivity contribution in [3.8, 4) is 5.75 Å². The number of aromatic nitrogens is 1. The highest BCUT2D eigenvalue weighted by molar-refractivity contribution is 7.13. The number of likely N-dealkylation sites (tertiary alicyclic amines) is 1. The molecule has 5 nitrogen and oxygen atoms in total. The number of thiazole rings is 1. The highest BCUT2D eigenvalue weighted by atomic mass is 32.1. The second-order valence-corrected chi connectivity index (χ2v) is 7.00. The lowest BCUT2D eigenvalue weighted by Crippen LogP contribution is -2.45. The molecule has 1 aliphatic heterocycles. The largest absolute Gasteiger partial charge is 0.486 e. The van der Waals surface area contributed by atoms with E-state index in [-0.39, 0.29) is 24.4 Å². The molecule has 2 heterocycles. The standard InChI is InChI=1S/C17H20FN3O2S/c1-11-16(17(22)21-8-2-3-13(19)9-21)24-15(20-11)10-23-14-6-4-12(18)5-7-14/h4-7,13H,2-3,8-10,19H2,1H3. The van der Waals surface area contributed by atoms with Crippen LogP contribution in [0.3, 0.4) is 0 Å². The molecule has 1 aromatic carbocycles. The smallest absolute Gasteiger partial charge is 0.265 e. The summed E-state index contributed by atoms with van der Waals surface area (Å²) >= 11 is 1.34. The molecule has 0 bridgehead atoms. The van der Waals surface area contributed by atoms with Crippen molar-refractivity contribution in [2.75, 3.05) is 13.1 Å². The minimum Gasteiger partial charge on any atom is -0.486 e. The Bertz CT molecular complexity index is 717. The van der Waals surface area contributed by atoms with Gasteiger partial charge in [0.05, 0.1) is 5.69 Å². The number of carbonyl (C=O) groups is 1. The van der Waals surface area contributed by atoms with Crippen molar-refractivity contribution in [2.24, 2.45) is 5.73 Å². The molecule has 0 saturated carbocycles. The normalized spacial score (nSPS) is 17.8. The number of aryl methyl sites for hydroxylation is 1. The highest BCUT2D eigenvalue weighted by Crippen LogP contribution is 2.23. The molecule has 0 spiro atoms. The minimum atomic E-state index is -0.305. The van der Waals surface area contributed by atoms with Crippen LogP contribution >= 0.6 is 11.3 Å². The second-order valence-electron chi connectivity index (χ2n) is 5.92. The van der Waals surface area contributed by atoms with Crippen LogP contribution in [-0.4, -0.2) is 34.9 Å². The van der Waals surface area contributed by atoms with Gasteiger partial charge >= 0.3 is 0 Å². The molecule has 1 unspecified atom stereocenters. The molecule has 1 aliphatic rings. The number of nitrogens with two attached hydrogens (primary N) is 1. The van der Waals surface area contributed by atoms with Crippen LogP contribution in [-0.2, 0) is 6.61 Å². The lowest BCUT2D eigenvalue weighted by molar-refractivity contribution is 0.0713. The van der Waals surface area contributed by atoms with E-state index in [1.165, 1.54) is 23.5 Å². The van der Waals surface area contributed by atoms with Crippen LogP contribution in [0, 0.1) is 12.7 Å². The van der Waals surface area contributed by atoms with Crippen LogP contribution in [0.1, 0.15) is 33.2 Å². The molecular formula is C17H20FN3O2S. The number of ether oxygens (including phenoxy) is 1. The van der Waals surface area contributed by atoms with Gasteiger partial charge in [0.15, 0.2) is 0 Å². The summed E-state index contributed by atoms with van der Waals surface area (Å²) in [4.78, 5) is 19.5. The average molecular weight is 349 g/mol. The van der Waals surface area contributed by atoms with Crippen molar-refractivity contribution in [2.45, 2.75) is 32.4 Å². The van der Waals surface area contributed by atoms with Gasteiger partial charge in [-0.1, -0.05) is 0 Å². The number of amides is 1. The Labute approximate surface area is 144 Å². The van der Waals surface area contributed by atoms with Gasteiger partial charge in [0.25, 0.3) is 5.91 Å². The van der Waals surface area contributed by atoms with E-state index in [0.29, 0.717) is 22.9 Å². The van der Waals surface area contributed by atoms with Gasteiger partial charge in [-0.05, 0) is 44.0 Å². The first kappa shape index (κ1) is 16.9. The minimum absolute atomic E-state index is 0.00631. The molecular weight excluding hydrogens is 329 g/mol. The zero-order chi connectivity index (χ0) is 17.1. The van der Waals surface area contributed by atoms with Gasteiger partial charge in [0.2, 0.25) is 0 Å². The SMILES string of the molecule is Cc1nc(COc2ccc(F)cc2)sc1C(=O)N1CCCC(N)C1. The number of nitrogens with zero attached hydrogens (tertiary/aromatic N) is 2. The van der Waals surface area contributed by atoms with Crippen LogP contribution in [0.5, 0.6) is 5.75 Å². The van der Waals surface area contributed by atoms with E-state index in [0.717, 1.165) is 24.4 Å². The van der Waals surface area contributed by atoms with E-state index in [2.05, 4.69) is 4.98 Å². The summed E-state index contributed by atoms with van der Waals surface area (Å²) in [5.41, 5.74) is 6.66. The number of piperidine rings is 1. The summed E-state index contributed by atoms with van der Waals surface area (Å²) in [5, 5.41) is 0.724. The zero-order valence-electron chi connectivity index (χ0n) is 13.5. The van der Waals surface area contributed by atoms with Crippen molar-refractivity contribution in [3.63, 3.8) is 0 Å². The number of benzene rings is 1. The first-order chi connectivity index (χ1) is 11.5. The van der Waals surface area contributed by atoms with Crippen LogP contribution in [0.15, 0.2) is 24.3 Å². The summed E-state index contributed by atoms with van der Waals surface area (Å²) in [7, 11) is 0. The molecule has 2 N–H and O–H groups in total. The van der Waals surface area contributed by atoms with Crippen LogP contribution in [0.2, 0.25) is 0 Å². The maximum Gasteiger partial charge on any atom is 0.265 e. The van der Waals surface area contributed by atoms with Crippen molar-refractivity contribution in [3.05, 3.63) is 45.7 Å². The van der Waals surface area contributed by atoms with Gasteiger partial charge in [0.1, 0.15) is 28.1 Å². The van der Waals surface area contributed by atoms with E-state index in [1.807, 2.05) is 6.92 Å². The molecule has 7 heteroatoms. The van der Waals surface area contributed by atoms with Gasteiger partial charge < -0.3 is 15.4 Å². The zero-order valence-corrected chi connectivity index (χ0v) is 14.3. The molecule has 1 atom stereocenters. The van der Waals surface area contributed by atoms with Crippen LogP contribution in [0.25, 0.3) is 0 Å². The molecule has 0 aliphatic carbocycles. The molecule has 1 amide bonds. The molecule has 2 aromatic rings. The van der Waals surface area contributed by atoms with Crippen molar-refractivity contribution in [1.82, 2.24) is 9.88 Å². The monoisotopic (exact) mass is 349 g/mol. The molecule has 1 fully saturated rings. The molecule has 3 rings (SSSR count). The number of rotatable bonds is 4.